The molecule has 10 heteroatoms. The molecule has 2 N–H and O–H groups in total. The number of fused-ring (bicyclic) bond motifs is 2. The van der Waals surface area contributed by atoms with Crippen LogP contribution in [-0.4, -0.2) is 73.9 Å². The van der Waals surface area contributed by atoms with Crippen LogP contribution in [0, 0.1) is 0 Å². The van der Waals surface area contributed by atoms with Gasteiger partial charge in [-0.1, -0.05) is 6.42 Å². The molecule has 2 atom stereocenters. The molecule has 1 aliphatic heterocycles. The second-order valence-electron chi connectivity index (χ2n) is 9.41. The minimum absolute atomic E-state index is 0.328. The first-order chi connectivity index (χ1) is 17.1. The average molecular weight is 477 g/mol. The Kier molecular flexibility index (Phi) is 5.60. The van der Waals surface area contributed by atoms with Gasteiger partial charge in [-0.3, -0.25) is 4.79 Å². The van der Waals surface area contributed by atoms with Gasteiger partial charge in [0, 0.05) is 56.0 Å². The van der Waals surface area contributed by atoms with Gasteiger partial charge in [-0.2, -0.15) is 9.61 Å². The van der Waals surface area contributed by atoms with Gasteiger partial charge in [0.25, 0.3) is 5.91 Å². The van der Waals surface area contributed by atoms with Crippen molar-refractivity contribution in [1.82, 2.24) is 34.4 Å². The minimum atomic E-state index is -0.972. The number of likely N-dealkylation sites (tertiary alicyclic amines) is 1. The summed E-state index contributed by atoms with van der Waals surface area (Å²) in [6.45, 7) is 4.14. The monoisotopic (exact) mass is 476 g/mol. The van der Waals surface area contributed by atoms with Crippen LogP contribution in [-0.2, 0) is 6.54 Å². The molecule has 182 valence electrons. The number of nitrogens with zero attached hydrogens (tertiary/aromatic N) is 6. The lowest BCUT2D eigenvalue weighted by Crippen LogP contribution is -2.32. The first-order valence-corrected chi connectivity index (χ1v) is 12.3. The smallest absolute Gasteiger partial charge is 0.257 e. The van der Waals surface area contributed by atoms with Crippen molar-refractivity contribution >= 4 is 28.4 Å². The highest BCUT2D eigenvalue weighted by Gasteiger charge is 2.39. The Hall–Kier alpha value is -3.53. The zero-order chi connectivity index (χ0) is 23.9. The minimum Gasteiger partial charge on any atom is -0.373 e. The Morgan fingerprint density at radius 1 is 1.20 bits per heavy atom. The molecular weight excluding hydrogens is 447 g/mol. The zero-order valence-electron chi connectivity index (χ0n) is 19.7. The van der Waals surface area contributed by atoms with E-state index in [4.69, 9.17) is 4.98 Å². The number of carbonyl (C=O) groups excluding carboxylic acids is 1. The summed E-state index contributed by atoms with van der Waals surface area (Å²) in [5.74, 6) is 0.347. The average Bonchev–Trinajstić information content (AvgIpc) is 3.27. The molecular formula is C25H29FN8O. The lowest BCUT2D eigenvalue weighted by molar-refractivity contribution is 0.0949. The van der Waals surface area contributed by atoms with Crippen molar-refractivity contribution in [2.24, 2.45) is 0 Å². The third kappa shape index (κ3) is 4.12. The number of pyridine rings is 1. The number of aromatic nitrogens is 5. The van der Waals surface area contributed by atoms with Crippen molar-refractivity contribution in [2.45, 2.75) is 44.4 Å². The number of carbonyl (C=O) groups is 1. The fraction of sp³-hybridized carbons (Fsp3) is 0.440. The maximum atomic E-state index is 13.4. The van der Waals surface area contributed by atoms with Crippen molar-refractivity contribution in [3.05, 3.63) is 42.4 Å². The standard InChI is InChI=1S/C25H29FN8O/c1-27-22-13-20(30-24-17(14-29-34(22)24)25(35)31-21-12-19(21)26)18-15-33(23-16(18)6-5-7-28-23)11-10-32-8-3-2-4-9-32/h5-7,13-15,19,21,27H,2-4,8-12H2,1H3,(H,31,35)/t19-,21+/m1/s1. The second kappa shape index (κ2) is 8.92. The number of hydrogen-bond donors (Lipinski definition) is 2. The van der Waals surface area contributed by atoms with E-state index in [1.165, 1.54) is 25.5 Å². The van der Waals surface area contributed by atoms with Crippen LogP contribution in [0.25, 0.3) is 27.9 Å². The Bertz CT molecular complexity index is 1390. The van der Waals surface area contributed by atoms with E-state index in [2.05, 4.69) is 42.4 Å². The van der Waals surface area contributed by atoms with Gasteiger partial charge < -0.3 is 20.1 Å². The van der Waals surface area contributed by atoms with Gasteiger partial charge in [0.15, 0.2) is 5.65 Å². The number of hydrogen-bond acceptors (Lipinski definition) is 6. The number of rotatable bonds is 7. The molecule has 4 aromatic rings. The Morgan fingerprint density at radius 2 is 2.03 bits per heavy atom. The normalized spacial score (nSPS) is 20.4. The van der Waals surface area contributed by atoms with Crippen molar-refractivity contribution in [2.75, 3.05) is 32.0 Å². The summed E-state index contributed by atoms with van der Waals surface area (Å²) < 4.78 is 17.2. The molecule has 1 amide bonds. The largest absolute Gasteiger partial charge is 0.373 e. The van der Waals surface area contributed by atoms with Crippen LogP contribution >= 0.6 is 0 Å². The molecule has 0 bridgehead atoms. The summed E-state index contributed by atoms with van der Waals surface area (Å²) >= 11 is 0. The molecule has 0 unspecified atom stereocenters. The fourth-order valence-electron chi connectivity index (χ4n) is 4.93. The number of piperidine rings is 1. The lowest BCUT2D eigenvalue weighted by Gasteiger charge is -2.26. The molecule has 1 saturated carbocycles. The summed E-state index contributed by atoms with van der Waals surface area (Å²) in [4.78, 5) is 24.8. The number of anilines is 1. The van der Waals surface area contributed by atoms with Crippen LogP contribution in [0.3, 0.4) is 0 Å². The number of halogens is 1. The zero-order valence-corrected chi connectivity index (χ0v) is 19.7. The predicted octanol–water partition coefficient (Wildman–Crippen LogP) is 3.11. The van der Waals surface area contributed by atoms with Crippen LogP contribution in [0.4, 0.5) is 10.2 Å². The van der Waals surface area contributed by atoms with Gasteiger partial charge in [0.1, 0.15) is 23.2 Å². The van der Waals surface area contributed by atoms with E-state index < -0.39 is 12.2 Å². The summed E-state index contributed by atoms with van der Waals surface area (Å²) in [5, 5.41) is 11.2. The van der Waals surface area contributed by atoms with Gasteiger partial charge in [-0.15, -0.1) is 0 Å². The third-order valence-electron chi connectivity index (χ3n) is 7.02. The van der Waals surface area contributed by atoms with Gasteiger partial charge in [-0.25, -0.2) is 14.4 Å². The molecule has 0 aromatic carbocycles. The first-order valence-electron chi connectivity index (χ1n) is 12.3. The van der Waals surface area contributed by atoms with Crippen molar-refractivity contribution < 1.29 is 9.18 Å². The summed E-state index contributed by atoms with van der Waals surface area (Å²) in [7, 11) is 1.81. The molecule has 35 heavy (non-hydrogen) atoms. The maximum Gasteiger partial charge on any atom is 0.257 e. The molecule has 2 aliphatic rings. The van der Waals surface area contributed by atoms with Crippen molar-refractivity contribution in [3.63, 3.8) is 0 Å². The molecule has 1 saturated heterocycles. The molecule has 4 aromatic heterocycles. The van der Waals surface area contributed by atoms with Crippen LogP contribution in [0.2, 0.25) is 0 Å². The summed E-state index contributed by atoms with van der Waals surface area (Å²) in [6, 6.07) is 5.49. The highest BCUT2D eigenvalue weighted by molar-refractivity contribution is 6.01. The van der Waals surface area contributed by atoms with Gasteiger partial charge in [0.2, 0.25) is 0 Å². The SMILES string of the molecule is CNc1cc(-c2cn(CCN3CCCCC3)c3ncccc23)nc2c(C(=O)N[C@H]3C[C@H]3F)cnn12. The summed E-state index contributed by atoms with van der Waals surface area (Å²) in [5.41, 5.74) is 3.35. The highest BCUT2D eigenvalue weighted by Crippen LogP contribution is 2.31. The second-order valence-corrected chi connectivity index (χ2v) is 9.41. The molecule has 5 heterocycles. The molecule has 1 aliphatic carbocycles. The first kappa shape index (κ1) is 22.0. The van der Waals surface area contributed by atoms with Crippen LogP contribution in [0.5, 0.6) is 0 Å². The maximum absolute atomic E-state index is 13.4. The molecule has 9 nitrogen and oxygen atoms in total. The molecule has 2 fully saturated rings. The van der Waals surface area contributed by atoms with E-state index in [0.29, 0.717) is 23.4 Å². The third-order valence-corrected chi connectivity index (χ3v) is 7.02. The van der Waals surface area contributed by atoms with Crippen molar-refractivity contribution in [1.29, 1.82) is 0 Å². The number of alkyl halides is 1. The number of amides is 1. The van der Waals surface area contributed by atoms with E-state index in [0.717, 1.165) is 48.5 Å². The summed E-state index contributed by atoms with van der Waals surface area (Å²) in [6.07, 6.45) is 8.64. The molecule has 0 radical (unpaired) electrons. The van der Waals surface area contributed by atoms with E-state index >= 15 is 0 Å². The van der Waals surface area contributed by atoms with Crippen LogP contribution in [0.1, 0.15) is 36.0 Å². The van der Waals surface area contributed by atoms with Gasteiger partial charge in [0.05, 0.1) is 17.9 Å². The van der Waals surface area contributed by atoms with Crippen LogP contribution in [0.15, 0.2) is 36.8 Å². The highest BCUT2D eigenvalue weighted by atomic mass is 19.1. The fourth-order valence-corrected chi connectivity index (χ4v) is 4.93. The Labute approximate surface area is 202 Å². The topological polar surface area (TPSA) is 92.4 Å². The number of nitrogens with one attached hydrogen (secondary N) is 2. The predicted molar refractivity (Wildman–Crippen MR) is 132 cm³/mol. The molecule has 6 rings (SSSR count). The van der Waals surface area contributed by atoms with Gasteiger partial charge in [-0.05, 0) is 38.1 Å². The Morgan fingerprint density at radius 3 is 2.80 bits per heavy atom. The van der Waals surface area contributed by atoms with Crippen LogP contribution < -0.4 is 10.6 Å². The van der Waals surface area contributed by atoms with E-state index in [-0.39, 0.29) is 5.91 Å². The lowest BCUT2D eigenvalue weighted by atomic mass is 10.1. The van der Waals surface area contributed by atoms with Gasteiger partial charge >= 0.3 is 0 Å². The van der Waals surface area contributed by atoms with E-state index in [1.807, 2.05) is 18.3 Å². The molecule has 0 spiro atoms. The van der Waals surface area contributed by atoms with E-state index in [1.54, 1.807) is 11.6 Å². The Balaban J connectivity index is 1.38. The van der Waals surface area contributed by atoms with Crippen molar-refractivity contribution in [3.8, 4) is 11.3 Å². The van der Waals surface area contributed by atoms with E-state index in [9.17, 15) is 9.18 Å². The quantitative estimate of drug-likeness (QED) is 0.426.